The van der Waals surface area contributed by atoms with Gasteiger partial charge in [-0.05, 0) is 48.9 Å². The second-order valence-electron chi connectivity index (χ2n) is 6.42. The fraction of sp³-hybridized carbons (Fsp3) is 0.0500. The summed E-state index contributed by atoms with van der Waals surface area (Å²) in [6, 6.07) is 12.8. The summed E-state index contributed by atoms with van der Waals surface area (Å²) in [5.74, 6) is -0.406. The molecule has 142 valence electrons. The molecule has 0 bridgehead atoms. The van der Waals surface area contributed by atoms with E-state index in [-0.39, 0.29) is 16.2 Å². The lowest BCUT2D eigenvalue weighted by atomic mass is 10.2. The first-order valence-corrected chi connectivity index (χ1v) is 9.90. The van der Waals surface area contributed by atoms with Crippen LogP contribution in [-0.4, -0.2) is 28.4 Å². The minimum atomic E-state index is -3.82. The lowest BCUT2D eigenvalue weighted by Crippen LogP contribution is -2.13. The van der Waals surface area contributed by atoms with Gasteiger partial charge in [-0.1, -0.05) is 6.07 Å². The zero-order valence-corrected chi connectivity index (χ0v) is 15.7. The third kappa shape index (κ3) is 3.14. The Balaban J connectivity index is 1.60. The number of benzene rings is 2. The van der Waals surface area contributed by atoms with Crippen LogP contribution < -0.4 is 5.32 Å². The molecule has 0 radical (unpaired) electrons. The lowest BCUT2D eigenvalue weighted by Gasteiger charge is -2.07. The summed E-state index contributed by atoms with van der Waals surface area (Å²) in [5, 5.41) is 13.2. The van der Waals surface area contributed by atoms with Crippen molar-refractivity contribution < 1.29 is 18.3 Å². The highest BCUT2D eigenvalue weighted by molar-refractivity contribution is 7.90. The predicted molar refractivity (Wildman–Crippen MR) is 106 cm³/mol. The number of aromatic hydroxyl groups is 1. The topological polar surface area (TPSA) is 104 Å². The molecule has 0 aliphatic heterocycles. The van der Waals surface area contributed by atoms with Gasteiger partial charge in [0.05, 0.1) is 10.5 Å². The van der Waals surface area contributed by atoms with Gasteiger partial charge in [0, 0.05) is 41.2 Å². The van der Waals surface area contributed by atoms with Crippen molar-refractivity contribution in [2.45, 2.75) is 11.8 Å². The largest absolute Gasteiger partial charge is 0.508 e. The lowest BCUT2D eigenvalue weighted by molar-refractivity contribution is 0.102. The molecule has 0 saturated carbocycles. The first-order chi connectivity index (χ1) is 13.3. The van der Waals surface area contributed by atoms with Crippen molar-refractivity contribution in [3.63, 3.8) is 0 Å². The Labute approximate surface area is 161 Å². The van der Waals surface area contributed by atoms with Crippen LogP contribution in [0.5, 0.6) is 5.75 Å². The van der Waals surface area contributed by atoms with E-state index >= 15 is 0 Å². The van der Waals surface area contributed by atoms with Gasteiger partial charge in [0.15, 0.2) is 0 Å². The van der Waals surface area contributed by atoms with E-state index in [0.717, 1.165) is 14.9 Å². The van der Waals surface area contributed by atoms with Crippen molar-refractivity contribution in [1.82, 2.24) is 8.96 Å². The van der Waals surface area contributed by atoms with Gasteiger partial charge >= 0.3 is 0 Å². The van der Waals surface area contributed by atoms with Crippen LogP contribution in [0, 0.1) is 6.92 Å². The second-order valence-corrected chi connectivity index (χ2v) is 8.26. The van der Waals surface area contributed by atoms with E-state index in [4.69, 9.17) is 0 Å². The molecule has 3 N–H and O–H groups in total. The van der Waals surface area contributed by atoms with Crippen molar-refractivity contribution in [2.24, 2.45) is 0 Å². The van der Waals surface area contributed by atoms with Crippen LogP contribution in [0.3, 0.4) is 0 Å². The molecule has 2 aromatic carbocycles. The predicted octanol–water partition coefficient (Wildman–Crippen LogP) is 3.47. The number of H-pyrrole nitrogens is 1. The maximum atomic E-state index is 12.9. The number of anilines is 1. The zero-order chi connectivity index (χ0) is 19.9. The van der Waals surface area contributed by atoms with Crippen LogP contribution in [0.4, 0.5) is 5.69 Å². The van der Waals surface area contributed by atoms with E-state index < -0.39 is 15.9 Å². The van der Waals surface area contributed by atoms with E-state index in [1.165, 1.54) is 30.6 Å². The number of carbonyl (C=O) groups is 1. The molecule has 0 saturated heterocycles. The Kier molecular flexibility index (Phi) is 4.20. The number of hydrogen-bond donors (Lipinski definition) is 3. The van der Waals surface area contributed by atoms with Gasteiger partial charge in [-0.15, -0.1) is 0 Å². The average molecular weight is 395 g/mol. The summed E-state index contributed by atoms with van der Waals surface area (Å²) in [4.78, 5) is 15.6. The smallest absolute Gasteiger partial charge is 0.267 e. The first kappa shape index (κ1) is 17.9. The highest BCUT2D eigenvalue weighted by atomic mass is 32.2. The number of carbonyl (C=O) groups excluding carboxylic acids is 1. The van der Waals surface area contributed by atoms with Crippen LogP contribution in [0.25, 0.3) is 10.9 Å². The quantitative estimate of drug-likeness (QED) is 0.492. The number of fused-ring (bicyclic) bond motifs is 1. The van der Waals surface area contributed by atoms with Crippen molar-refractivity contribution in [3.8, 4) is 5.75 Å². The van der Waals surface area contributed by atoms with Crippen molar-refractivity contribution >= 4 is 32.5 Å². The molecule has 8 heteroatoms. The Morgan fingerprint density at radius 2 is 1.93 bits per heavy atom. The van der Waals surface area contributed by atoms with Gasteiger partial charge in [-0.25, -0.2) is 12.4 Å². The molecule has 0 aliphatic rings. The first-order valence-electron chi connectivity index (χ1n) is 8.46. The van der Waals surface area contributed by atoms with Gasteiger partial charge < -0.3 is 15.4 Å². The minimum absolute atomic E-state index is 0.0677. The number of phenolic OH excluding ortho intramolecular Hbond substituents is 1. The van der Waals surface area contributed by atoms with E-state index in [9.17, 15) is 18.3 Å². The second kappa shape index (κ2) is 6.58. The number of nitrogens with zero attached hydrogens (tertiary/aromatic N) is 1. The fourth-order valence-electron chi connectivity index (χ4n) is 2.86. The molecule has 1 amide bonds. The van der Waals surface area contributed by atoms with Crippen LogP contribution in [0.15, 0.2) is 72.0 Å². The monoisotopic (exact) mass is 395 g/mol. The molecule has 0 unspecified atom stereocenters. The molecule has 2 heterocycles. The SMILES string of the molecule is Cc1ccc(NC(=O)c2ccn(S(=O)(=O)c3ccc4[nH]ccc4c3)c2)cc1O. The molecular weight excluding hydrogens is 378 g/mol. The maximum absolute atomic E-state index is 12.9. The number of rotatable bonds is 4. The Morgan fingerprint density at radius 1 is 1.11 bits per heavy atom. The van der Waals surface area contributed by atoms with E-state index in [1.807, 2.05) is 0 Å². The Bertz CT molecular complexity index is 1300. The normalized spacial score (nSPS) is 11.6. The third-order valence-electron chi connectivity index (χ3n) is 4.50. The van der Waals surface area contributed by atoms with Gasteiger partial charge in [-0.2, -0.15) is 0 Å². The van der Waals surface area contributed by atoms with Gasteiger partial charge in [0.2, 0.25) is 0 Å². The van der Waals surface area contributed by atoms with Gasteiger partial charge in [-0.3, -0.25) is 4.79 Å². The van der Waals surface area contributed by atoms with Gasteiger partial charge in [0.1, 0.15) is 5.75 Å². The summed E-state index contributed by atoms with van der Waals surface area (Å²) in [7, 11) is -3.82. The Morgan fingerprint density at radius 3 is 2.71 bits per heavy atom. The third-order valence-corrected chi connectivity index (χ3v) is 6.13. The standard InChI is InChI=1S/C20H17N3O4S/c1-13-2-3-16(11-19(13)24)22-20(25)15-7-9-23(12-15)28(26,27)17-4-5-18-14(10-17)6-8-21-18/h2-12,21,24H,1H3,(H,22,25). The molecular formula is C20H17N3O4S. The summed E-state index contributed by atoms with van der Waals surface area (Å²) in [6.45, 7) is 1.75. The van der Waals surface area contributed by atoms with Crippen LogP contribution in [-0.2, 0) is 10.0 Å². The molecule has 2 aromatic heterocycles. The molecule has 0 atom stereocenters. The van der Waals surface area contributed by atoms with Crippen molar-refractivity contribution in [3.05, 3.63) is 78.2 Å². The van der Waals surface area contributed by atoms with Crippen LogP contribution in [0.1, 0.15) is 15.9 Å². The van der Waals surface area contributed by atoms with Crippen molar-refractivity contribution in [2.75, 3.05) is 5.32 Å². The molecule has 0 aliphatic carbocycles. The van der Waals surface area contributed by atoms with E-state index in [0.29, 0.717) is 11.3 Å². The maximum Gasteiger partial charge on any atom is 0.267 e. The minimum Gasteiger partial charge on any atom is -0.508 e. The molecule has 4 rings (SSSR count). The number of amides is 1. The zero-order valence-electron chi connectivity index (χ0n) is 14.9. The summed E-state index contributed by atoms with van der Waals surface area (Å²) >= 11 is 0. The average Bonchev–Trinajstić information content (AvgIpc) is 3.33. The summed E-state index contributed by atoms with van der Waals surface area (Å²) in [6.07, 6.45) is 4.33. The number of hydrogen-bond acceptors (Lipinski definition) is 4. The Hall–Kier alpha value is -3.52. The van der Waals surface area contributed by atoms with Crippen molar-refractivity contribution in [1.29, 1.82) is 0 Å². The van der Waals surface area contributed by atoms with E-state index in [2.05, 4.69) is 10.3 Å². The van der Waals surface area contributed by atoms with Crippen LogP contribution in [0.2, 0.25) is 0 Å². The number of phenols is 1. The van der Waals surface area contributed by atoms with Crippen LogP contribution >= 0.6 is 0 Å². The fourth-order valence-corrected chi connectivity index (χ4v) is 4.10. The molecule has 0 spiro atoms. The number of nitrogens with one attached hydrogen (secondary N) is 2. The van der Waals surface area contributed by atoms with Gasteiger partial charge in [0.25, 0.3) is 15.9 Å². The molecule has 28 heavy (non-hydrogen) atoms. The molecule has 0 fully saturated rings. The van der Waals surface area contributed by atoms with E-state index in [1.54, 1.807) is 43.5 Å². The highest BCUT2D eigenvalue weighted by Crippen LogP contribution is 2.23. The number of aromatic nitrogens is 2. The number of aryl methyl sites for hydroxylation is 1. The molecule has 7 nitrogen and oxygen atoms in total. The summed E-state index contributed by atoms with van der Waals surface area (Å²) in [5.41, 5.74) is 2.13. The molecule has 4 aromatic rings. The number of aromatic amines is 1. The summed E-state index contributed by atoms with van der Waals surface area (Å²) < 4.78 is 26.7. The highest BCUT2D eigenvalue weighted by Gasteiger charge is 2.19.